The van der Waals surface area contributed by atoms with Crippen LogP contribution >= 0.6 is 11.3 Å². The third-order valence-corrected chi connectivity index (χ3v) is 3.09. The average Bonchev–Trinajstić information content (AvgIpc) is 2.65. The van der Waals surface area contributed by atoms with Crippen LogP contribution in [0.4, 0.5) is 5.69 Å². The molecule has 0 atom stereocenters. The first-order chi connectivity index (χ1) is 7.18. The number of nitro groups is 1. The van der Waals surface area contributed by atoms with Gasteiger partial charge in [-0.2, -0.15) is 0 Å². The first-order valence-electron chi connectivity index (χ1n) is 4.47. The van der Waals surface area contributed by atoms with E-state index in [1.165, 1.54) is 17.0 Å². The molecule has 4 heteroatoms. The van der Waals surface area contributed by atoms with E-state index in [0.29, 0.717) is 0 Å². The van der Waals surface area contributed by atoms with Gasteiger partial charge >= 0.3 is 0 Å². The summed E-state index contributed by atoms with van der Waals surface area (Å²) in [6, 6.07) is 8.67. The van der Waals surface area contributed by atoms with E-state index in [4.69, 9.17) is 0 Å². The molecular weight excluding hydrogens is 210 g/mol. The second kappa shape index (κ2) is 3.82. The maximum atomic E-state index is 10.5. The van der Waals surface area contributed by atoms with Gasteiger partial charge in [0, 0.05) is 17.0 Å². The van der Waals surface area contributed by atoms with Gasteiger partial charge in [0.1, 0.15) is 0 Å². The molecule has 0 aliphatic rings. The molecule has 2 aromatic rings. The standard InChI is InChI=1S/C11H9NO2S/c1-8-11(6-7-15-8)9-2-4-10(5-3-9)12(13)14/h2-7H,1H3. The summed E-state index contributed by atoms with van der Waals surface area (Å²) in [5.41, 5.74) is 2.31. The van der Waals surface area contributed by atoms with Gasteiger partial charge in [0.25, 0.3) is 5.69 Å². The quantitative estimate of drug-likeness (QED) is 0.571. The van der Waals surface area contributed by atoms with Crippen molar-refractivity contribution in [3.63, 3.8) is 0 Å². The van der Waals surface area contributed by atoms with Crippen LogP contribution in [0.25, 0.3) is 11.1 Å². The Morgan fingerprint density at radius 2 is 1.87 bits per heavy atom. The number of benzene rings is 1. The van der Waals surface area contributed by atoms with Gasteiger partial charge in [0.2, 0.25) is 0 Å². The van der Waals surface area contributed by atoms with Gasteiger partial charge in [0.05, 0.1) is 4.92 Å². The third kappa shape index (κ3) is 1.89. The predicted octanol–water partition coefficient (Wildman–Crippen LogP) is 3.63. The predicted molar refractivity (Wildman–Crippen MR) is 61.1 cm³/mol. The Balaban J connectivity index is 2.40. The highest BCUT2D eigenvalue weighted by Crippen LogP contribution is 2.28. The molecule has 1 heterocycles. The second-order valence-electron chi connectivity index (χ2n) is 3.19. The van der Waals surface area contributed by atoms with Gasteiger partial charge in [0.15, 0.2) is 0 Å². The van der Waals surface area contributed by atoms with Crippen molar-refractivity contribution in [2.24, 2.45) is 0 Å². The van der Waals surface area contributed by atoms with Gasteiger partial charge in [-0.15, -0.1) is 11.3 Å². The zero-order valence-corrected chi connectivity index (χ0v) is 8.95. The van der Waals surface area contributed by atoms with E-state index in [-0.39, 0.29) is 10.6 Å². The minimum atomic E-state index is -0.385. The number of thiophene rings is 1. The molecule has 0 fully saturated rings. The lowest BCUT2D eigenvalue weighted by Gasteiger charge is -1.99. The van der Waals surface area contributed by atoms with Crippen molar-refractivity contribution in [2.45, 2.75) is 6.92 Å². The number of non-ortho nitro benzene ring substituents is 1. The van der Waals surface area contributed by atoms with E-state index in [1.54, 1.807) is 23.5 Å². The number of hydrogen-bond donors (Lipinski definition) is 0. The SMILES string of the molecule is Cc1sccc1-c1ccc([N+](=O)[O-])cc1. The Hall–Kier alpha value is -1.68. The molecule has 0 unspecified atom stereocenters. The van der Waals surface area contributed by atoms with E-state index < -0.39 is 0 Å². The first-order valence-corrected chi connectivity index (χ1v) is 5.35. The van der Waals surface area contributed by atoms with Crippen LogP contribution in [0, 0.1) is 17.0 Å². The lowest BCUT2D eigenvalue weighted by atomic mass is 10.1. The van der Waals surface area contributed by atoms with Crippen LogP contribution < -0.4 is 0 Å². The lowest BCUT2D eigenvalue weighted by Crippen LogP contribution is -1.86. The summed E-state index contributed by atoms with van der Waals surface area (Å²) < 4.78 is 0. The fourth-order valence-electron chi connectivity index (χ4n) is 1.45. The normalized spacial score (nSPS) is 10.2. The summed E-state index contributed by atoms with van der Waals surface area (Å²) in [7, 11) is 0. The smallest absolute Gasteiger partial charge is 0.258 e. The molecule has 76 valence electrons. The van der Waals surface area contributed by atoms with Gasteiger partial charge in [-0.05, 0) is 41.6 Å². The van der Waals surface area contributed by atoms with Crippen LogP contribution in [-0.4, -0.2) is 4.92 Å². The van der Waals surface area contributed by atoms with Crippen molar-refractivity contribution >= 4 is 17.0 Å². The highest BCUT2D eigenvalue weighted by atomic mass is 32.1. The number of aryl methyl sites for hydroxylation is 1. The van der Waals surface area contributed by atoms with Gasteiger partial charge in [-0.3, -0.25) is 10.1 Å². The number of rotatable bonds is 2. The molecule has 0 aliphatic heterocycles. The van der Waals surface area contributed by atoms with Gasteiger partial charge < -0.3 is 0 Å². The summed E-state index contributed by atoms with van der Waals surface area (Å²) in [5, 5.41) is 12.5. The van der Waals surface area contributed by atoms with Crippen LogP contribution in [0.2, 0.25) is 0 Å². The molecule has 0 radical (unpaired) electrons. The summed E-state index contributed by atoms with van der Waals surface area (Å²) >= 11 is 1.68. The fourth-order valence-corrected chi connectivity index (χ4v) is 2.17. The molecule has 0 saturated carbocycles. The maximum Gasteiger partial charge on any atom is 0.269 e. The minimum absolute atomic E-state index is 0.131. The van der Waals surface area contributed by atoms with E-state index in [2.05, 4.69) is 0 Å². The van der Waals surface area contributed by atoms with E-state index >= 15 is 0 Å². The molecule has 15 heavy (non-hydrogen) atoms. The lowest BCUT2D eigenvalue weighted by molar-refractivity contribution is -0.384. The van der Waals surface area contributed by atoms with E-state index in [9.17, 15) is 10.1 Å². The first kappa shape index (κ1) is 9.86. The van der Waals surface area contributed by atoms with Crippen molar-refractivity contribution in [1.82, 2.24) is 0 Å². The van der Waals surface area contributed by atoms with Crippen molar-refractivity contribution in [2.75, 3.05) is 0 Å². The minimum Gasteiger partial charge on any atom is -0.258 e. The number of nitrogens with zero attached hydrogens (tertiary/aromatic N) is 1. The molecule has 0 spiro atoms. The zero-order valence-electron chi connectivity index (χ0n) is 8.14. The Labute approximate surface area is 91.1 Å². The van der Waals surface area contributed by atoms with Crippen molar-refractivity contribution < 1.29 is 4.92 Å². The molecule has 2 rings (SSSR count). The van der Waals surface area contributed by atoms with Gasteiger partial charge in [-0.25, -0.2) is 0 Å². The van der Waals surface area contributed by atoms with Crippen molar-refractivity contribution in [3.05, 3.63) is 50.7 Å². The Morgan fingerprint density at radius 1 is 1.20 bits per heavy atom. The summed E-state index contributed by atoms with van der Waals surface area (Å²) in [5.74, 6) is 0. The van der Waals surface area contributed by atoms with Crippen LogP contribution in [0.1, 0.15) is 4.88 Å². The van der Waals surface area contributed by atoms with E-state index in [0.717, 1.165) is 11.1 Å². The fraction of sp³-hybridized carbons (Fsp3) is 0.0909. The molecule has 0 amide bonds. The van der Waals surface area contributed by atoms with Crippen molar-refractivity contribution in [1.29, 1.82) is 0 Å². The van der Waals surface area contributed by atoms with Crippen LogP contribution in [0.3, 0.4) is 0 Å². The molecular formula is C11H9NO2S. The Morgan fingerprint density at radius 3 is 2.33 bits per heavy atom. The Bertz CT molecular complexity index is 488. The zero-order chi connectivity index (χ0) is 10.8. The van der Waals surface area contributed by atoms with E-state index in [1.807, 2.05) is 18.4 Å². The van der Waals surface area contributed by atoms with Crippen molar-refractivity contribution in [3.8, 4) is 11.1 Å². The molecule has 0 aliphatic carbocycles. The van der Waals surface area contributed by atoms with Crippen LogP contribution in [0.5, 0.6) is 0 Å². The molecule has 0 saturated heterocycles. The molecule has 1 aromatic heterocycles. The summed E-state index contributed by atoms with van der Waals surface area (Å²) in [6.45, 7) is 2.04. The third-order valence-electron chi connectivity index (χ3n) is 2.25. The average molecular weight is 219 g/mol. The summed E-state index contributed by atoms with van der Waals surface area (Å²) in [6.07, 6.45) is 0. The topological polar surface area (TPSA) is 43.1 Å². The monoisotopic (exact) mass is 219 g/mol. The second-order valence-corrected chi connectivity index (χ2v) is 4.31. The molecule has 0 N–H and O–H groups in total. The molecule has 0 bridgehead atoms. The molecule has 1 aromatic carbocycles. The number of hydrogen-bond acceptors (Lipinski definition) is 3. The largest absolute Gasteiger partial charge is 0.269 e. The highest BCUT2D eigenvalue weighted by molar-refractivity contribution is 7.10. The summed E-state index contributed by atoms with van der Waals surface area (Å²) in [4.78, 5) is 11.3. The van der Waals surface area contributed by atoms with Crippen LogP contribution in [-0.2, 0) is 0 Å². The van der Waals surface area contributed by atoms with Gasteiger partial charge in [-0.1, -0.05) is 0 Å². The molecule has 3 nitrogen and oxygen atoms in total. The van der Waals surface area contributed by atoms with Crippen LogP contribution in [0.15, 0.2) is 35.7 Å². The Kier molecular flexibility index (Phi) is 2.51. The maximum absolute atomic E-state index is 10.5. The highest BCUT2D eigenvalue weighted by Gasteiger charge is 2.06. The number of nitro benzene ring substituents is 1.